The van der Waals surface area contributed by atoms with Gasteiger partial charge in [-0.15, -0.1) is 0 Å². The summed E-state index contributed by atoms with van der Waals surface area (Å²) in [6.07, 6.45) is 1.81. The number of sulfonamides is 1. The van der Waals surface area contributed by atoms with E-state index in [0.29, 0.717) is 55.1 Å². The third-order valence-corrected chi connectivity index (χ3v) is 9.46. The summed E-state index contributed by atoms with van der Waals surface area (Å²) in [7, 11) is 0.516. The fourth-order valence-corrected chi connectivity index (χ4v) is 7.00. The predicted molar refractivity (Wildman–Crippen MR) is 154 cm³/mol. The maximum atomic E-state index is 13.6. The molecule has 5 rings (SSSR count). The highest BCUT2D eigenvalue weighted by molar-refractivity contribution is 7.89. The van der Waals surface area contributed by atoms with Crippen molar-refractivity contribution in [3.05, 3.63) is 71.8 Å². The Kier molecular flexibility index (Phi) is 8.18. The fourth-order valence-electron chi connectivity index (χ4n) is 5.30. The number of amides is 2. The molecule has 1 N–H and O–H groups in total. The van der Waals surface area contributed by atoms with Crippen molar-refractivity contribution in [3.63, 3.8) is 0 Å². The largest absolute Gasteiger partial charge is 0.497 e. The zero-order valence-electron chi connectivity index (χ0n) is 23.3. The van der Waals surface area contributed by atoms with Gasteiger partial charge < -0.3 is 24.4 Å². The number of methoxy groups -OCH3 is 3. The maximum Gasteiger partial charge on any atom is 0.258 e. The first kappa shape index (κ1) is 28.4. The molecule has 0 radical (unpaired) electrons. The summed E-state index contributed by atoms with van der Waals surface area (Å²) in [6.45, 7) is 0.885. The lowest BCUT2D eigenvalue weighted by Crippen LogP contribution is -2.43. The molecule has 1 fully saturated rings. The summed E-state index contributed by atoms with van der Waals surface area (Å²) in [4.78, 5) is 28.3. The van der Waals surface area contributed by atoms with Crippen LogP contribution < -0.4 is 24.4 Å². The van der Waals surface area contributed by atoms with Gasteiger partial charge in [0, 0.05) is 42.6 Å². The summed E-state index contributed by atoms with van der Waals surface area (Å²) in [5.41, 5.74) is 2.87. The molecule has 2 heterocycles. The van der Waals surface area contributed by atoms with E-state index in [1.807, 2.05) is 12.1 Å². The van der Waals surface area contributed by atoms with Crippen LogP contribution in [0.5, 0.6) is 17.2 Å². The van der Waals surface area contributed by atoms with Crippen LogP contribution in [-0.4, -0.2) is 65.5 Å². The molecule has 1 saturated heterocycles. The van der Waals surface area contributed by atoms with Crippen molar-refractivity contribution in [3.8, 4) is 17.2 Å². The van der Waals surface area contributed by atoms with Crippen LogP contribution in [0, 0.1) is 5.92 Å². The van der Waals surface area contributed by atoms with E-state index in [1.165, 1.54) is 24.6 Å². The van der Waals surface area contributed by atoms with Crippen LogP contribution in [0.2, 0.25) is 0 Å². The van der Waals surface area contributed by atoms with Crippen LogP contribution in [0.4, 0.5) is 11.4 Å². The SMILES string of the molecule is COc1ccc(C(=O)N2CCc3ccc(NC(=O)C4CCCN(S(=O)(=O)c5cc(OC)ccc5OC)C4)cc32)cc1. The van der Waals surface area contributed by atoms with E-state index in [1.54, 1.807) is 54.5 Å². The molecular weight excluding hydrogens is 546 g/mol. The maximum absolute atomic E-state index is 13.6. The van der Waals surface area contributed by atoms with Crippen molar-refractivity contribution in [1.82, 2.24) is 4.31 Å². The first-order chi connectivity index (χ1) is 19.7. The van der Waals surface area contributed by atoms with Gasteiger partial charge in [0.05, 0.1) is 27.2 Å². The molecule has 1 atom stereocenters. The molecule has 0 bridgehead atoms. The standard InChI is InChI=1S/C30H33N3O7S/c1-38-24-10-7-21(8-11-24)30(35)33-16-14-20-6-9-23(17-26(20)33)31-29(34)22-5-4-15-32(19-22)41(36,37)28-18-25(39-2)12-13-27(28)40-3/h6-13,17-18,22H,4-5,14-16,19H2,1-3H3,(H,31,34). The highest BCUT2D eigenvalue weighted by Gasteiger charge is 2.35. The smallest absolute Gasteiger partial charge is 0.258 e. The Hall–Kier alpha value is -4.09. The van der Waals surface area contributed by atoms with E-state index in [2.05, 4.69) is 5.32 Å². The van der Waals surface area contributed by atoms with Gasteiger partial charge in [-0.1, -0.05) is 6.07 Å². The first-order valence-electron chi connectivity index (χ1n) is 13.4. The highest BCUT2D eigenvalue weighted by atomic mass is 32.2. The number of benzene rings is 3. The Morgan fingerprint density at radius 2 is 1.61 bits per heavy atom. The van der Waals surface area contributed by atoms with Gasteiger partial charge in [-0.05, 0) is 73.4 Å². The number of hydrogen-bond acceptors (Lipinski definition) is 7. The Labute approximate surface area is 239 Å². The molecular formula is C30H33N3O7S. The topological polar surface area (TPSA) is 114 Å². The molecule has 216 valence electrons. The Morgan fingerprint density at radius 3 is 2.32 bits per heavy atom. The number of ether oxygens (including phenoxy) is 3. The molecule has 0 saturated carbocycles. The van der Waals surface area contributed by atoms with Gasteiger partial charge in [-0.2, -0.15) is 4.31 Å². The first-order valence-corrected chi connectivity index (χ1v) is 14.8. The molecule has 1 unspecified atom stereocenters. The number of carbonyl (C=O) groups excluding carboxylic acids is 2. The van der Waals surface area contributed by atoms with Gasteiger partial charge in [0.1, 0.15) is 22.1 Å². The lowest BCUT2D eigenvalue weighted by molar-refractivity contribution is -0.120. The van der Waals surface area contributed by atoms with Crippen molar-refractivity contribution in [1.29, 1.82) is 0 Å². The van der Waals surface area contributed by atoms with Crippen LogP contribution in [0.15, 0.2) is 65.6 Å². The van der Waals surface area contributed by atoms with Crippen LogP contribution >= 0.6 is 0 Å². The van der Waals surface area contributed by atoms with Gasteiger partial charge in [-0.3, -0.25) is 9.59 Å². The molecule has 3 aromatic carbocycles. The lowest BCUT2D eigenvalue weighted by atomic mass is 9.98. The van der Waals surface area contributed by atoms with Crippen molar-refractivity contribution in [2.24, 2.45) is 5.92 Å². The minimum Gasteiger partial charge on any atom is -0.497 e. The van der Waals surface area contributed by atoms with Crippen molar-refractivity contribution < 1.29 is 32.2 Å². The summed E-state index contributed by atoms with van der Waals surface area (Å²) in [6, 6.07) is 17.1. The van der Waals surface area contributed by atoms with Gasteiger partial charge in [0.25, 0.3) is 5.91 Å². The Bertz CT molecular complexity index is 1560. The van der Waals surface area contributed by atoms with E-state index < -0.39 is 15.9 Å². The monoisotopic (exact) mass is 579 g/mol. The van der Waals surface area contributed by atoms with E-state index in [0.717, 1.165) is 11.3 Å². The second-order valence-electron chi connectivity index (χ2n) is 9.99. The highest BCUT2D eigenvalue weighted by Crippen LogP contribution is 2.35. The molecule has 10 nitrogen and oxygen atoms in total. The van der Waals surface area contributed by atoms with Crippen molar-refractivity contribution >= 4 is 33.2 Å². The summed E-state index contributed by atoms with van der Waals surface area (Å²) in [5.74, 6) is 0.339. The van der Waals surface area contributed by atoms with Gasteiger partial charge >= 0.3 is 0 Å². The molecule has 0 spiro atoms. The molecule has 2 aliphatic rings. The third kappa shape index (κ3) is 5.73. The molecule has 11 heteroatoms. The molecule has 3 aromatic rings. The number of rotatable bonds is 8. The van der Waals surface area contributed by atoms with E-state index in [9.17, 15) is 18.0 Å². The van der Waals surface area contributed by atoms with E-state index in [-0.39, 0.29) is 29.0 Å². The summed E-state index contributed by atoms with van der Waals surface area (Å²) in [5, 5.41) is 2.95. The van der Waals surface area contributed by atoms with Crippen LogP contribution in [0.25, 0.3) is 0 Å². The number of fused-ring (bicyclic) bond motifs is 1. The van der Waals surface area contributed by atoms with E-state index >= 15 is 0 Å². The van der Waals surface area contributed by atoms with Crippen molar-refractivity contribution in [2.45, 2.75) is 24.2 Å². The van der Waals surface area contributed by atoms with Gasteiger partial charge in [0.15, 0.2) is 0 Å². The molecule has 0 aromatic heterocycles. The Morgan fingerprint density at radius 1 is 0.878 bits per heavy atom. The van der Waals surface area contributed by atoms with Crippen molar-refractivity contribution in [2.75, 3.05) is 51.2 Å². The molecule has 2 amide bonds. The number of piperidine rings is 1. The molecule has 41 heavy (non-hydrogen) atoms. The summed E-state index contributed by atoms with van der Waals surface area (Å²) >= 11 is 0. The third-order valence-electron chi connectivity index (χ3n) is 7.57. The number of nitrogens with zero attached hydrogens (tertiary/aromatic N) is 2. The van der Waals surface area contributed by atoms with Crippen LogP contribution in [-0.2, 0) is 21.2 Å². The zero-order valence-corrected chi connectivity index (χ0v) is 24.1. The number of hydrogen-bond donors (Lipinski definition) is 1. The summed E-state index contributed by atoms with van der Waals surface area (Å²) < 4.78 is 44.2. The zero-order chi connectivity index (χ0) is 29.1. The van der Waals surface area contributed by atoms with Crippen LogP contribution in [0.3, 0.4) is 0 Å². The quantitative estimate of drug-likeness (QED) is 0.430. The second kappa shape index (κ2) is 11.8. The van der Waals surface area contributed by atoms with Gasteiger partial charge in [-0.25, -0.2) is 8.42 Å². The average Bonchev–Trinajstić information content (AvgIpc) is 3.43. The minimum absolute atomic E-state index is 0.000601. The Balaban J connectivity index is 1.30. The van der Waals surface area contributed by atoms with E-state index in [4.69, 9.17) is 14.2 Å². The second-order valence-corrected chi connectivity index (χ2v) is 11.9. The number of carbonyl (C=O) groups is 2. The molecule has 2 aliphatic heterocycles. The average molecular weight is 580 g/mol. The minimum atomic E-state index is -3.94. The van der Waals surface area contributed by atoms with Crippen LogP contribution in [0.1, 0.15) is 28.8 Å². The van der Waals surface area contributed by atoms with Gasteiger partial charge in [0.2, 0.25) is 15.9 Å². The molecule has 0 aliphatic carbocycles. The normalized spacial score (nSPS) is 17.0. The number of anilines is 2. The fraction of sp³-hybridized carbons (Fsp3) is 0.333. The number of nitrogens with one attached hydrogen (secondary N) is 1. The predicted octanol–water partition coefficient (Wildman–Crippen LogP) is 3.95. The lowest BCUT2D eigenvalue weighted by Gasteiger charge is -2.31.